The number of carbonyl (C=O) groups is 1. The minimum atomic E-state index is 0.350. The van der Waals surface area contributed by atoms with Gasteiger partial charge in [-0.2, -0.15) is 5.10 Å². The van der Waals surface area contributed by atoms with Gasteiger partial charge in [-0.3, -0.25) is 14.4 Å². The zero-order valence-electron chi connectivity index (χ0n) is 16.2. The molecule has 1 fully saturated rings. The van der Waals surface area contributed by atoms with Gasteiger partial charge in [0.25, 0.3) is 0 Å². The van der Waals surface area contributed by atoms with Crippen molar-refractivity contribution in [1.82, 2.24) is 19.7 Å². The largest absolute Gasteiger partial charge is 0.496 e. The van der Waals surface area contributed by atoms with Crippen LogP contribution in [0.2, 0.25) is 0 Å². The fourth-order valence-electron chi connectivity index (χ4n) is 3.73. The number of para-hydroxylation sites is 1. The van der Waals surface area contributed by atoms with Crippen molar-refractivity contribution in [3.05, 3.63) is 65.7 Å². The van der Waals surface area contributed by atoms with Crippen molar-refractivity contribution in [2.24, 2.45) is 0 Å². The van der Waals surface area contributed by atoms with Crippen LogP contribution in [-0.2, 0) is 13.0 Å². The lowest BCUT2D eigenvalue weighted by Crippen LogP contribution is -2.47. The molecule has 1 aliphatic heterocycles. The molecule has 0 N–H and O–H groups in total. The van der Waals surface area contributed by atoms with Crippen LogP contribution in [0, 0.1) is 0 Å². The molecule has 0 unspecified atom stereocenters. The van der Waals surface area contributed by atoms with E-state index in [0.29, 0.717) is 11.7 Å². The van der Waals surface area contributed by atoms with E-state index >= 15 is 0 Å². The number of likely N-dealkylation sites (tertiary alicyclic amines) is 1. The molecule has 0 saturated carbocycles. The highest BCUT2D eigenvalue weighted by Gasteiger charge is 2.29. The number of benzene rings is 1. The lowest BCUT2D eigenvalue weighted by molar-refractivity contribution is 0.0894. The molecular formula is C22H24N4O2. The predicted molar refractivity (Wildman–Crippen MR) is 108 cm³/mol. The number of aromatic nitrogens is 3. The average Bonchev–Trinajstić information content (AvgIpc) is 3.19. The summed E-state index contributed by atoms with van der Waals surface area (Å²) in [7, 11) is 1.72. The van der Waals surface area contributed by atoms with Crippen molar-refractivity contribution >= 4 is 6.29 Å². The van der Waals surface area contributed by atoms with Crippen molar-refractivity contribution in [2.75, 3.05) is 20.2 Å². The second kappa shape index (κ2) is 7.94. The molecule has 3 aromatic rings. The first-order chi connectivity index (χ1) is 13.7. The first kappa shape index (κ1) is 18.4. The Morgan fingerprint density at radius 1 is 1.21 bits per heavy atom. The zero-order valence-corrected chi connectivity index (χ0v) is 16.2. The normalized spacial score (nSPS) is 14.6. The summed E-state index contributed by atoms with van der Waals surface area (Å²) < 4.78 is 7.70. The van der Waals surface area contributed by atoms with Crippen molar-refractivity contribution < 1.29 is 9.53 Å². The number of rotatable bonds is 7. The molecule has 6 nitrogen and oxygen atoms in total. The molecule has 4 rings (SSSR count). The molecule has 1 aliphatic rings. The molecule has 144 valence electrons. The van der Waals surface area contributed by atoms with Gasteiger partial charge in [-0.25, -0.2) is 4.98 Å². The predicted octanol–water partition coefficient (Wildman–Crippen LogP) is 3.39. The molecule has 6 heteroatoms. The van der Waals surface area contributed by atoms with Crippen LogP contribution in [0.5, 0.6) is 5.75 Å². The van der Waals surface area contributed by atoms with Crippen LogP contribution < -0.4 is 4.74 Å². The Bertz CT molecular complexity index is 976. The van der Waals surface area contributed by atoms with Gasteiger partial charge in [0, 0.05) is 37.0 Å². The highest BCUT2D eigenvalue weighted by atomic mass is 16.5. The number of aldehydes is 1. The van der Waals surface area contributed by atoms with Gasteiger partial charge in [-0.05, 0) is 24.1 Å². The molecule has 28 heavy (non-hydrogen) atoms. The summed E-state index contributed by atoms with van der Waals surface area (Å²) in [5.41, 5.74) is 4.76. The summed E-state index contributed by atoms with van der Waals surface area (Å²) in [6.45, 7) is 4.72. The molecule has 1 saturated heterocycles. The van der Waals surface area contributed by atoms with E-state index < -0.39 is 0 Å². The van der Waals surface area contributed by atoms with Gasteiger partial charge in [0.15, 0.2) is 6.29 Å². The van der Waals surface area contributed by atoms with E-state index in [0.717, 1.165) is 54.9 Å². The minimum Gasteiger partial charge on any atom is -0.496 e. The molecule has 1 aromatic carbocycles. The van der Waals surface area contributed by atoms with E-state index in [1.807, 2.05) is 23.0 Å². The maximum absolute atomic E-state index is 10.9. The van der Waals surface area contributed by atoms with Crippen molar-refractivity contribution in [2.45, 2.75) is 25.9 Å². The highest BCUT2D eigenvalue weighted by Crippen LogP contribution is 2.34. The Hall–Kier alpha value is -2.99. The number of hydrogen-bond acceptors (Lipinski definition) is 5. The Balaban J connectivity index is 1.43. The SMILES string of the molecule is CCc1cccc(-c2cnn(C3CN(Cc4cccc(C=O)n4)C3)c2)c1OC. The van der Waals surface area contributed by atoms with Crippen LogP contribution in [0.4, 0.5) is 0 Å². The zero-order chi connectivity index (χ0) is 19.5. The Morgan fingerprint density at radius 2 is 2.04 bits per heavy atom. The quantitative estimate of drug-likeness (QED) is 0.592. The van der Waals surface area contributed by atoms with Gasteiger partial charge in [0.1, 0.15) is 11.4 Å². The summed E-state index contributed by atoms with van der Waals surface area (Å²) in [4.78, 5) is 17.5. The number of aryl methyl sites for hydroxylation is 1. The van der Waals surface area contributed by atoms with Crippen molar-refractivity contribution in [1.29, 1.82) is 0 Å². The summed E-state index contributed by atoms with van der Waals surface area (Å²) in [6.07, 6.45) is 5.73. The van der Waals surface area contributed by atoms with Crippen LogP contribution in [-0.4, -0.2) is 46.1 Å². The maximum atomic E-state index is 10.9. The summed E-state index contributed by atoms with van der Waals surface area (Å²) >= 11 is 0. The van der Waals surface area contributed by atoms with E-state index in [9.17, 15) is 4.79 Å². The number of methoxy groups -OCH3 is 1. The number of ether oxygens (including phenoxy) is 1. The first-order valence-corrected chi connectivity index (χ1v) is 9.55. The van der Waals surface area contributed by atoms with Crippen LogP contribution >= 0.6 is 0 Å². The molecule has 2 aromatic heterocycles. The molecule has 0 radical (unpaired) electrons. The summed E-state index contributed by atoms with van der Waals surface area (Å²) in [5, 5.41) is 4.59. The smallest absolute Gasteiger partial charge is 0.168 e. The van der Waals surface area contributed by atoms with E-state index in [2.05, 4.69) is 46.3 Å². The van der Waals surface area contributed by atoms with Gasteiger partial charge in [0.2, 0.25) is 0 Å². The monoisotopic (exact) mass is 376 g/mol. The highest BCUT2D eigenvalue weighted by molar-refractivity contribution is 5.72. The Labute approximate surface area is 164 Å². The van der Waals surface area contributed by atoms with Crippen LogP contribution in [0.1, 0.15) is 34.7 Å². The van der Waals surface area contributed by atoms with E-state index in [1.165, 1.54) is 5.56 Å². The number of pyridine rings is 1. The first-order valence-electron chi connectivity index (χ1n) is 9.55. The lowest BCUT2D eigenvalue weighted by atomic mass is 10.0. The number of hydrogen-bond donors (Lipinski definition) is 0. The van der Waals surface area contributed by atoms with Crippen molar-refractivity contribution in [3.8, 4) is 16.9 Å². The minimum absolute atomic E-state index is 0.350. The number of carbonyl (C=O) groups excluding carboxylic acids is 1. The second-order valence-electron chi connectivity index (χ2n) is 7.08. The molecule has 0 amide bonds. The third kappa shape index (κ3) is 3.55. The van der Waals surface area contributed by atoms with E-state index in [-0.39, 0.29) is 0 Å². The van der Waals surface area contributed by atoms with Gasteiger partial charge in [0.05, 0.1) is 25.0 Å². The topological polar surface area (TPSA) is 60.2 Å². The van der Waals surface area contributed by atoms with Gasteiger partial charge in [-0.1, -0.05) is 31.2 Å². The second-order valence-corrected chi connectivity index (χ2v) is 7.08. The number of nitrogens with zero attached hydrogens (tertiary/aromatic N) is 4. The van der Waals surface area contributed by atoms with E-state index in [1.54, 1.807) is 13.2 Å². The average molecular weight is 376 g/mol. The summed E-state index contributed by atoms with van der Waals surface area (Å²) in [5.74, 6) is 0.931. The molecule has 0 spiro atoms. The van der Waals surface area contributed by atoms with Gasteiger partial charge in [-0.15, -0.1) is 0 Å². The standard InChI is InChI=1S/C22H24N4O2/c1-3-16-6-4-9-21(22(16)28-2)17-10-23-26(11-17)20-13-25(14-20)12-18-7-5-8-19(15-27)24-18/h4-11,15,20H,3,12-14H2,1-2H3. The molecule has 0 bridgehead atoms. The molecule has 0 aliphatic carbocycles. The van der Waals surface area contributed by atoms with Crippen molar-refractivity contribution in [3.63, 3.8) is 0 Å². The van der Waals surface area contributed by atoms with Gasteiger partial charge < -0.3 is 4.74 Å². The fraction of sp³-hybridized carbons (Fsp3) is 0.318. The molecular weight excluding hydrogens is 352 g/mol. The van der Waals surface area contributed by atoms with Gasteiger partial charge >= 0.3 is 0 Å². The molecule has 3 heterocycles. The Kier molecular flexibility index (Phi) is 5.21. The third-order valence-corrected chi connectivity index (χ3v) is 5.24. The fourth-order valence-corrected chi connectivity index (χ4v) is 3.73. The van der Waals surface area contributed by atoms with Crippen LogP contribution in [0.25, 0.3) is 11.1 Å². The van der Waals surface area contributed by atoms with E-state index in [4.69, 9.17) is 4.74 Å². The summed E-state index contributed by atoms with van der Waals surface area (Å²) in [6, 6.07) is 12.2. The Morgan fingerprint density at radius 3 is 2.79 bits per heavy atom. The van der Waals surface area contributed by atoms with Crippen LogP contribution in [0.3, 0.4) is 0 Å². The van der Waals surface area contributed by atoms with Crippen LogP contribution in [0.15, 0.2) is 48.8 Å². The maximum Gasteiger partial charge on any atom is 0.168 e. The molecule has 0 atom stereocenters. The third-order valence-electron chi connectivity index (χ3n) is 5.24. The lowest BCUT2D eigenvalue weighted by Gasteiger charge is -2.39.